The minimum Gasteiger partial charge on any atom is -0.351 e. The highest BCUT2D eigenvalue weighted by molar-refractivity contribution is 7.89. The summed E-state index contributed by atoms with van der Waals surface area (Å²) in [6.07, 6.45) is 5.13. The fourth-order valence-corrected chi connectivity index (χ4v) is 5.74. The Morgan fingerprint density at radius 2 is 1.73 bits per heavy atom. The summed E-state index contributed by atoms with van der Waals surface area (Å²) >= 11 is 0. The molecule has 8 heteroatoms. The Hall–Kier alpha value is -1.93. The molecule has 1 aromatic carbocycles. The zero-order chi connectivity index (χ0) is 22.1. The Morgan fingerprint density at radius 3 is 2.30 bits per heavy atom. The standard InChI is InChI=1S/C22H33N3O4S/c1-5-30(28,29)24-14-20(26)25(19-12-16(2)11-17(3)13-19)22(4,15-24)21(27)23-18-9-7-6-8-10-18/h11-13,18H,5-10,14-15H2,1-4H3,(H,23,27)/t22-/m1/s1. The maximum absolute atomic E-state index is 13.5. The number of hydrogen-bond donors (Lipinski definition) is 1. The van der Waals surface area contributed by atoms with Crippen molar-refractivity contribution < 1.29 is 18.0 Å². The summed E-state index contributed by atoms with van der Waals surface area (Å²) in [5.74, 6) is -0.785. The molecule has 30 heavy (non-hydrogen) atoms. The molecule has 1 saturated heterocycles. The van der Waals surface area contributed by atoms with Gasteiger partial charge in [0.1, 0.15) is 5.54 Å². The van der Waals surface area contributed by atoms with Gasteiger partial charge in [0, 0.05) is 18.3 Å². The third-order valence-electron chi connectivity index (χ3n) is 6.19. The van der Waals surface area contributed by atoms with Crippen LogP contribution in [0.3, 0.4) is 0 Å². The maximum Gasteiger partial charge on any atom is 0.247 e. The molecular weight excluding hydrogens is 402 g/mol. The summed E-state index contributed by atoms with van der Waals surface area (Å²) in [5, 5.41) is 3.11. The SMILES string of the molecule is CCS(=O)(=O)N1CC(=O)N(c2cc(C)cc(C)c2)[C@@](C)(C(=O)NC2CCCCC2)C1. The second kappa shape index (κ2) is 8.67. The van der Waals surface area contributed by atoms with Gasteiger partial charge < -0.3 is 5.32 Å². The molecule has 2 amide bonds. The number of sulfonamides is 1. The summed E-state index contributed by atoms with van der Waals surface area (Å²) in [6, 6.07) is 5.82. The number of nitrogens with one attached hydrogen (secondary N) is 1. The predicted molar refractivity (Wildman–Crippen MR) is 118 cm³/mol. The van der Waals surface area contributed by atoms with E-state index in [4.69, 9.17) is 0 Å². The zero-order valence-corrected chi connectivity index (χ0v) is 19.2. The Balaban J connectivity index is 2.01. The summed E-state index contributed by atoms with van der Waals surface area (Å²) in [6.45, 7) is 6.81. The van der Waals surface area contributed by atoms with Crippen LogP contribution in [0.15, 0.2) is 18.2 Å². The van der Waals surface area contributed by atoms with Crippen LogP contribution in [0.25, 0.3) is 0 Å². The van der Waals surface area contributed by atoms with Crippen molar-refractivity contribution >= 4 is 27.5 Å². The van der Waals surface area contributed by atoms with Crippen molar-refractivity contribution in [3.8, 4) is 0 Å². The van der Waals surface area contributed by atoms with Crippen molar-refractivity contribution in [2.24, 2.45) is 0 Å². The van der Waals surface area contributed by atoms with E-state index in [1.165, 1.54) is 11.3 Å². The molecule has 166 valence electrons. The fourth-order valence-electron chi connectivity index (χ4n) is 4.62. The molecule has 1 aromatic rings. The molecule has 0 radical (unpaired) electrons. The van der Waals surface area contributed by atoms with Crippen molar-refractivity contribution in [2.75, 3.05) is 23.7 Å². The number of hydrogen-bond acceptors (Lipinski definition) is 4. The highest BCUT2D eigenvalue weighted by Crippen LogP contribution is 2.32. The highest BCUT2D eigenvalue weighted by atomic mass is 32.2. The lowest BCUT2D eigenvalue weighted by Gasteiger charge is -2.47. The van der Waals surface area contributed by atoms with Gasteiger partial charge in [0.25, 0.3) is 0 Å². The van der Waals surface area contributed by atoms with Gasteiger partial charge in [0.2, 0.25) is 21.8 Å². The van der Waals surface area contributed by atoms with Gasteiger partial charge in [-0.25, -0.2) is 8.42 Å². The molecule has 1 N–H and O–H groups in total. The first-order chi connectivity index (χ1) is 14.1. The number of amides is 2. The van der Waals surface area contributed by atoms with Crippen LogP contribution in [-0.4, -0.2) is 55.0 Å². The largest absolute Gasteiger partial charge is 0.351 e. The fraction of sp³-hybridized carbons (Fsp3) is 0.636. The van der Waals surface area contributed by atoms with Crippen LogP contribution in [0.5, 0.6) is 0 Å². The molecule has 0 spiro atoms. The average molecular weight is 436 g/mol. The van der Waals surface area contributed by atoms with Crippen molar-refractivity contribution in [1.82, 2.24) is 9.62 Å². The van der Waals surface area contributed by atoms with Crippen LogP contribution in [-0.2, 0) is 19.6 Å². The first kappa shape index (κ1) is 22.7. The van der Waals surface area contributed by atoms with Crippen molar-refractivity contribution in [1.29, 1.82) is 0 Å². The van der Waals surface area contributed by atoms with E-state index < -0.39 is 15.6 Å². The number of piperazine rings is 1. The average Bonchev–Trinajstić information content (AvgIpc) is 2.67. The summed E-state index contributed by atoms with van der Waals surface area (Å²) in [5.41, 5.74) is 1.27. The lowest BCUT2D eigenvalue weighted by atomic mass is 9.91. The predicted octanol–water partition coefficient (Wildman–Crippen LogP) is 2.51. The van der Waals surface area contributed by atoms with Crippen LogP contribution in [0.1, 0.15) is 57.1 Å². The molecule has 0 unspecified atom stereocenters. The molecule has 7 nitrogen and oxygen atoms in total. The first-order valence-corrected chi connectivity index (χ1v) is 12.4. The van der Waals surface area contributed by atoms with Crippen molar-refractivity contribution in [2.45, 2.75) is 71.4 Å². The van der Waals surface area contributed by atoms with Gasteiger partial charge in [0.15, 0.2) is 0 Å². The number of nitrogens with zero attached hydrogens (tertiary/aromatic N) is 2. The topological polar surface area (TPSA) is 86.8 Å². The molecule has 3 rings (SSSR count). The molecular formula is C22H33N3O4S. The zero-order valence-electron chi connectivity index (χ0n) is 18.4. The monoisotopic (exact) mass is 435 g/mol. The number of aryl methyl sites for hydroxylation is 2. The third kappa shape index (κ3) is 4.54. The van der Waals surface area contributed by atoms with Crippen LogP contribution >= 0.6 is 0 Å². The Bertz CT molecular complexity index is 904. The summed E-state index contributed by atoms with van der Waals surface area (Å²) < 4.78 is 26.3. The Labute approximate surface area is 179 Å². The quantitative estimate of drug-likeness (QED) is 0.770. The van der Waals surface area contributed by atoms with E-state index in [-0.39, 0.29) is 36.7 Å². The lowest BCUT2D eigenvalue weighted by molar-refractivity contribution is -0.133. The van der Waals surface area contributed by atoms with Crippen molar-refractivity contribution in [3.05, 3.63) is 29.3 Å². The number of benzene rings is 1. The van der Waals surface area contributed by atoms with E-state index in [1.54, 1.807) is 13.8 Å². The first-order valence-electron chi connectivity index (χ1n) is 10.8. The van der Waals surface area contributed by atoms with Gasteiger partial charge in [-0.15, -0.1) is 0 Å². The second-order valence-electron chi connectivity index (χ2n) is 8.83. The molecule has 1 aliphatic heterocycles. The van der Waals surface area contributed by atoms with Crippen LogP contribution in [0.2, 0.25) is 0 Å². The Kier molecular flexibility index (Phi) is 6.57. The van der Waals surface area contributed by atoms with E-state index in [2.05, 4.69) is 5.32 Å². The van der Waals surface area contributed by atoms with E-state index in [9.17, 15) is 18.0 Å². The molecule has 2 fully saturated rings. The summed E-state index contributed by atoms with van der Waals surface area (Å²) in [4.78, 5) is 28.3. The smallest absolute Gasteiger partial charge is 0.247 e. The number of carbonyl (C=O) groups is 2. The minimum absolute atomic E-state index is 0.0551. The third-order valence-corrected chi connectivity index (χ3v) is 7.97. The highest BCUT2D eigenvalue weighted by Gasteiger charge is 2.51. The molecule has 1 atom stereocenters. The van der Waals surface area contributed by atoms with Crippen LogP contribution in [0, 0.1) is 13.8 Å². The number of rotatable bonds is 5. The molecule has 1 aliphatic carbocycles. The van der Waals surface area contributed by atoms with E-state index in [0.717, 1.165) is 41.1 Å². The van der Waals surface area contributed by atoms with E-state index >= 15 is 0 Å². The second-order valence-corrected chi connectivity index (χ2v) is 11.1. The lowest BCUT2D eigenvalue weighted by Crippen LogP contribution is -2.71. The molecule has 1 saturated carbocycles. The number of anilines is 1. The normalized spacial score (nSPS) is 24.1. The van der Waals surface area contributed by atoms with Crippen LogP contribution < -0.4 is 10.2 Å². The van der Waals surface area contributed by atoms with E-state index in [1.807, 2.05) is 32.0 Å². The van der Waals surface area contributed by atoms with Gasteiger partial charge in [-0.2, -0.15) is 4.31 Å². The minimum atomic E-state index is -3.61. The Morgan fingerprint density at radius 1 is 1.13 bits per heavy atom. The van der Waals surface area contributed by atoms with Crippen molar-refractivity contribution in [3.63, 3.8) is 0 Å². The van der Waals surface area contributed by atoms with Gasteiger partial charge in [0.05, 0.1) is 12.3 Å². The molecule has 0 aromatic heterocycles. The van der Waals surface area contributed by atoms with Gasteiger partial charge in [-0.3, -0.25) is 14.5 Å². The maximum atomic E-state index is 13.5. The molecule has 0 bridgehead atoms. The van der Waals surface area contributed by atoms with Crippen LogP contribution in [0.4, 0.5) is 5.69 Å². The summed E-state index contributed by atoms with van der Waals surface area (Å²) in [7, 11) is -3.61. The van der Waals surface area contributed by atoms with E-state index in [0.29, 0.717) is 5.69 Å². The molecule has 1 heterocycles. The van der Waals surface area contributed by atoms with Gasteiger partial charge in [-0.05, 0) is 63.8 Å². The van der Waals surface area contributed by atoms with Gasteiger partial charge in [-0.1, -0.05) is 25.3 Å². The number of carbonyl (C=O) groups excluding carboxylic acids is 2. The molecule has 2 aliphatic rings. The van der Waals surface area contributed by atoms with Gasteiger partial charge >= 0.3 is 0 Å².